The van der Waals surface area contributed by atoms with E-state index in [2.05, 4.69) is 13.0 Å². The molecule has 0 heterocycles. The maximum Gasteiger partial charge on any atom is 0.165 e. The second-order valence-electron chi connectivity index (χ2n) is 9.50. The molecule has 0 saturated heterocycles. The van der Waals surface area contributed by atoms with Crippen molar-refractivity contribution in [3.8, 4) is 5.75 Å². The minimum absolute atomic E-state index is 0.247. The highest BCUT2D eigenvalue weighted by molar-refractivity contribution is 5.29. The van der Waals surface area contributed by atoms with E-state index in [-0.39, 0.29) is 5.82 Å². The summed E-state index contributed by atoms with van der Waals surface area (Å²) < 4.78 is 18.9. The summed E-state index contributed by atoms with van der Waals surface area (Å²) in [4.78, 5) is 0. The van der Waals surface area contributed by atoms with Crippen LogP contribution in [0.5, 0.6) is 5.75 Å². The van der Waals surface area contributed by atoms with Gasteiger partial charge in [0.25, 0.3) is 0 Å². The van der Waals surface area contributed by atoms with Crippen molar-refractivity contribution in [2.45, 2.75) is 96.8 Å². The van der Waals surface area contributed by atoms with Gasteiger partial charge in [-0.1, -0.05) is 69.6 Å². The van der Waals surface area contributed by atoms with Gasteiger partial charge in [0.05, 0.1) is 7.11 Å². The van der Waals surface area contributed by atoms with Gasteiger partial charge < -0.3 is 4.74 Å². The van der Waals surface area contributed by atoms with Crippen molar-refractivity contribution in [1.82, 2.24) is 0 Å². The molecule has 29 heavy (non-hydrogen) atoms. The number of allylic oxidation sites excluding steroid dienone is 2. The molecule has 0 N–H and O–H groups in total. The van der Waals surface area contributed by atoms with Gasteiger partial charge in [0.1, 0.15) is 0 Å². The van der Waals surface area contributed by atoms with Crippen molar-refractivity contribution >= 4 is 0 Å². The fraction of sp³-hybridized carbons (Fsp3) is 0.704. The molecule has 1 aromatic carbocycles. The van der Waals surface area contributed by atoms with Crippen LogP contribution in [0.3, 0.4) is 0 Å². The number of halogens is 1. The molecule has 162 valence electrons. The van der Waals surface area contributed by atoms with E-state index < -0.39 is 0 Å². The van der Waals surface area contributed by atoms with Crippen LogP contribution in [0, 0.1) is 23.6 Å². The van der Waals surface area contributed by atoms with Gasteiger partial charge in [0, 0.05) is 0 Å². The van der Waals surface area contributed by atoms with Crippen molar-refractivity contribution in [1.29, 1.82) is 0 Å². The molecule has 1 saturated carbocycles. The zero-order chi connectivity index (χ0) is 20.5. The van der Waals surface area contributed by atoms with Gasteiger partial charge in [0.15, 0.2) is 11.6 Å². The van der Waals surface area contributed by atoms with Crippen LogP contribution >= 0.6 is 0 Å². The Morgan fingerprint density at radius 3 is 2.45 bits per heavy atom. The van der Waals surface area contributed by atoms with E-state index in [4.69, 9.17) is 4.74 Å². The highest BCUT2D eigenvalue weighted by atomic mass is 19.1. The summed E-state index contributed by atoms with van der Waals surface area (Å²) in [5.74, 6) is 2.99. The number of hydrogen-bond acceptors (Lipinski definition) is 1. The molecule has 0 bridgehead atoms. The summed E-state index contributed by atoms with van der Waals surface area (Å²) in [7, 11) is 1.52. The first-order valence-corrected chi connectivity index (χ1v) is 12.2. The monoisotopic (exact) mass is 400 g/mol. The average molecular weight is 401 g/mol. The minimum atomic E-state index is -0.247. The summed E-state index contributed by atoms with van der Waals surface area (Å²) in [6.45, 7) is 2.30. The van der Waals surface area contributed by atoms with Gasteiger partial charge in [-0.05, 0) is 80.4 Å². The maximum absolute atomic E-state index is 13.9. The number of benzene rings is 1. The van der Waals surface area contributed by atoms with Crippen LogP contribution in [0.2, 0.25) is 0 Å². The highest BCUT2D eigenvalue weighted by Crippen LogP contribution is 2.41. The Morgan fingerprint density at radius 2 is 1.79 bits per heavy atom. The molecule has 1 aromatic rings. The topological polar surface area (TPSA) is 9.23 Å². The number of unbranched alkanes of at least 4 members (excludes halogenated alkanes) is 3. The number of methoxy groups -OCH3 is 1. The Bertz CT molecular complexity index is 642. The molecule has 0 aromatic heterocycles. The molecule has 2 aliphatic rings. The predicted octanol–water partition coefficient (Wildman–Crippen LogP) is 8.27. The standard InChI is InChI=1S/C27H41FO/c1-3-4-5-6-7-21-10-15-24(16-11-21)25-17-12-22(13-18-25)8-9-23-14-19-27(29-2)26(28)20-23/h12,14,19-21,24-25H,3-11,13,15-18H2,1-2H3. The predicted molar refractivity (Wildman–Crippen MR) is 121 cm³/mol. The average Bonchev–Trinajstić information content (AvgIpc) is 2.76. The summed E-state index contributed by atoms with van der Waals surface area (Å²) in [5, 5.41) is 0. The van der Waals surface area contributed by atoms with Crippen LogP contribution in [0.25, 0.3) is 0 Å². The summed E-state index contributed by atoms with van der Waals surface area (Å²) >= 11 is 0. The molecule has 2 aliphatic carbocycles. The minimum Gasteiger partial charge on any atom is -0.494 e. The normalized spacial score (nSPS) is 24.9. The Labute approximate surface area is 178 Å². The first-order chi connectivity index (χ1) is 14.2. The molecule has 1 atom stereocenters. The summed E-state index contributed by atoms with van der Waals surface area (Å²) in [6.07, 6.45) is 21.5. The molecule has 2 heteroatoms. The molecule has 0 amide bonds. The van der Waals surface area contributed by atoms with E-state index in [1.807, 2.05) is 6.07 Å². The molecule has 1 nitrogen and oxygen atoms in total. The fourth-order valence-electron chi connectivity index (χ4n) is 5.54. The SMILES string of the molecule is CCCCCCC1CCC(C2CC=C(CCc3ccc(OC)c(F)c3)CC2)CC1. The second kappa shape index (κ2) is 11.8. The lowest BCUT2D eigenvalue weighted by Gasteiger charge is -2.35. The molecule has 0 spiro atoms. The van der Waals surface area contributed by atoms with Crippen LogP contribution in [-0.2, 0) is 6.42 Å². The van der Waals surface area contributed by atoms with Crippen molar-refractivity contribution in [3.63, 3.8) is 0 Å². The van der Waals surface area contributed by atoms with Crippen LogP contribution in [0.4, 0.5) is 4.39 Å². The summed E-state index contributed by atoms with van der Waals surface area (Å²) in [5.41, 5.74) is 2.66. The van der Waals surface area contributed by atoms with E-state index in [1.54, 1.807) is 17.7 Å². The van der Waals surface area contributed by atoms with Gasteiger partial charge in [-0.25, -0.2) is 4.39 Å². The first-order valence-electron chi connectivity index (χ1n) is 12.2. The van der Waals surface area contributed by atoms with E-state index >= 15 is 0 Å². The Hall–Kier alpha value is -1.31. The van der Waals surface area contributed by atoms with E-state index in [9.17, 15) is 4.39 Å². The van der Waals surface area contributed by atoms with E-state index in [0.717, 1.165) is 36.2 Å². The lowest BCUT2D eigenvalue weighted by molar-refractivity contribution is 0.185. The van der Waals surface area contributed by atoms with E-state index in [0.29, 0.717) is 5.75 Å². The molecule has 3 rings (SSSR count). The number of hydrogen-bond donors (Lipinski definition) is 0. The van der Waals surface area contributed by atoms with Crippen LogP contribution in [0.1, 0.15) is 96.0 Å². The maximum atomic E-state index is 13.9. The van der Waals surface area contributed by atoms with Crippen LogP contribution in [0.15, 0.2) is 29.8 Å². The van der Waals surface area contributed by atoms with Crippen LogP contribution < -0.4 is 4.74 Å². The van der Waals surface area contributed by atoms with Crippen molar-refractivity contribution in [2.24, 2.45) is 17.8 Å². The Kier molecular flexibility index (Phi) is 9.08. The van der Waals surface area contributed by atoms with Crippen molar-refractivity contribution < 1.29 is 9.13 Å². The lowest BCUT2D eigenvalue weighted by Crippen LogP contribution is -2.23. The smallest absolute Gasteiger partial charge is 0.165 e. The highest BCUT2D eigenvalue weighted by Gasteiger charge is 2.28. The molecule has 0 aliphatic heterocycles. The zero-order valence-corrected chi connectivity index (χ0v) is 18.7. The Balaban J connectivity index is 1.37. The van der Waals surface area contributed by atoms with Gasteiger partial charge in [0.2, 0.25) is 0 Å². The number of rotatable bonds is 10. The number of ether oxygens (including phenoxy) is 1. The molecule has 0 radical (unpaired) electrons. The molecular formula is C27H41FO. The van der Waals surface area contributed by atoms with Gasteiger partial charge in [-0.2, -0.15) is 0 Å². The number of aryl methyl sites for hydroxylation is 1. The van der Waals surface area contributed by atoms with Gasteiger partial charge in [-0.3, -0.25) is 0 Å². The fourth-order valence-corrected chi connectivity index (χ4v) is 5.54. The van der Waals surface area contributed by atoms with Crippen LogP contribution in [-0.4, -0.2) is 7.11 Å². The molecule has 1 fully saturated rings. The zero-order valence-electron chi connectivity index (χ0n) is 18.7. The molecule has 1 unspecified atom stereocenters. The third kappa shape index (κ3) is 6.86. The second-order valence-corrected chi connectivity index (χ2v) is 9.50. The van der Waals surface area contributed by atoms with Gasteiger partial charge in [-0.15, -0.1) is 0 Å². The lowest BCUT2D eigenvalue weighted by atomic mass is 9.70. The summed E-state index contributed by atoms with van der Waals surface area (Å²) in [6, 6.07) is 5.37. The first kappa shape index (κ1) is 22.4. The Morgan fingerprint density at radius 1 is 0.966 bits per heavy atom. The largest absolute Gasteiger partial charge is 0.494 e. The van der Waals surface area contributed by atoms with Crippen molar-refractivity contribution in [2.75, 3.05) is 7.11 Å². The quantitative estimate of drug-likeness (QED) is 0.284. The van der Waals surface area contributed by atoms with Crippen molar-refractivity contribution in [3.05, 3.63) is 41.2 Å². The third-order valence-corrected chi connectivity index (χ3v) is 7.52. The third-order valence-electron chi connectivity index (χ3n) is 7.52. The van der Waals surface area contributed by atoms with E-state index in [1.165, 1.54) is 84.2 Å². The molecular weight excluding hydrogens is 359 g/mol. The van der Waals surface area contributed by atoms with Gasteiger partial charge >= 0.3 is 0 Å².